The third-order valence-electron chi connectivity index (χ3n) is 3.79. The highest BCUT2D eigenvalue weighted by Crippen LogP contribution is 2.32. The molecule has 2 aromatic carbocycles. The second-order valence-electron chi connectivity index (χ2n) is 5.27. The van der Waals surface area contributed by atoms with Crippen molar-refractivity contribution >= 4 is 22.7 Å². The highest BCUT2D eigenvalue weighted by molar-refractivity contribution is 5.75. The summed E-state index contributed by atoms with van der Waals surface area (Å²) in [4.78, 5) is 2.23. The molecule has 126 valence electrons. The van der Waals surface area contributed by atoms with Crippen LogP contribution in [0.25, 0.3) is 0 Å². The molecule has 0 bridgehead atoms. The molecule has 0 fully saturated rings. The quantitative estimate of drug-likeness (QED) is 0.768. The maximum atomic E-state index is 3.37. The first-order valence-electron chi connectivity index (χ1n) is 7.76. The molecule has 4 heteroatoms. The minimum Gasteiger partial charge on any atom is -0.386 e. The Labute approximate surface area is 140 Å². The molecule has 3 rings (SSSR count). The van der Waals surface area contributed by atoms with Gasteiger partial charge in [-0.1, -0.05) is 31.7 Å². The van der Waals surface area contributed by atoms with E-state index in [1.54, 1.807) is 0 Å². The minimum atomic E-state index is 0. The Morgan fingerprint density at radius 3 is 2.26 bits per heavy atom. The van der Waals surface area contributed by atoms with E-state index < -0.39 is 0 Å². The fraction of sp³-hybridized carbons (Fsp3) is 0.368. The fourth-order valence-electron chi connectivity index (χ4n) is 2.48. The molecule has 2 aromatic rings. The Morgan fingerprint density at radius 2 is 1.65 bits per heavy atom. The second-order valence-corrected chi connectivity index (χ2v) is 5.27. The van der Waals surface area contributed by atoms with Crippen LogP contribution < -0.4 is 20.9 Å². The average Bonchev–Trinajstić information content (AvgIpc) is 2.84. The normalized spacial score (nSPS) is 14.6. The van der Waals surface area contributed by atoms with Gasteiger partial charge >= 0.3 is 0 Å². The first-order chi connectivity index (χ1) is 10.7. The van der Waals surface area contributed by atoms with Crippen molar-refractivity contribution in [3.8, 4) is 0 Å². The molecule has 0 radical (unpaired) electrons. The van der Waals surface area contributed by atoms with Crippen molar-refractivity contribution in [2.75, 3.05) is 41.5 Å². The standard InChI is InChI=1S/C9H12N2.C9H14N2.CH4/c1-7-10-8-5-3-4-6-9(8)11(7)2;1-3-11-9-7-5-4-6-8(9)10-2;/h3-7,10H,1-2H3;4-7,10-11H,3H2,1-2H3;1H4. The molecule has 0 spiro atoms. The maximum Gasteiger partial charge on any atom is 0.0959 e. The lowest BCUT2D eigenvalue weighted by Crippen LogP contribution is -2.28. The molecule has 1 atom stereocenters. The zero-order chi connectivity index (χ0) is 15.9. The topological polar surface area (TPSA) is 39.3 Å². The third-order valence-corrected chi connectivity index (χ3v) is 3.79. The lowest BCUT2D eigenvalue weighted by molar-refractivity contribution is 0.806. The van der Waals surface area contributed by atoms with E-state index in [1.165, 1.54) is 11.4 Å². The van der Waals surface area contributed by atoms with E-state index >= 15 is 0 Å². The van der Waals surface area contributed by atoms with Crippen LogP contribution in [0.3, 0.4) is 0 Å². The van der Waals surface area contributed by atoms with E-state index in [0.29, 0.717) is 6.17 Å². The Kier molecular flexibility index (Phi) is 7.26. The number of anilines is 4. The number of rotatable bonds is 3. The summed E-state index contributed by atoms with van der Waals surface area (Å²) in [6, 6.07) is 16.5. The van der Waals surface area contributed by atoms with Crippen molar-refractivity contribution in [3.63, 3.8) is 0 Å². The molecule has 1 aliphatic rings. The van der Waals surface area contributed by atoms with Crippen molar-refractivity contribution in [3.05, 3.63) is 48.5 Å². The van der Waals surface area contributed by atoms with Gasteiger partial charge in [0.1, 0.15) is 0 Å². The van der Waals surface area contributed by atoms with Crippen LogP contribution in [0.1, 0.15) is 21.3 Å². The molecule has 0 amide bonds. The van der Waals surface area contributed by atoms with Crippen molar-refractivity contribution < 1.29 is 0 Å². The summed E-state index contributed by atoms with van der Waals surface area (Å²) in [5.74, 6) is 0. The molecule has 0 saturated carbocycles. The summed E-state index contributed by atoms with van der Waals surface area (Å²) in [6.07, 6.45) is 0.424. The summed E-state index contributed by atoms with van der Waals surface area (Å²) < 4.78 is 0. The van der Waals surface area contributed by atoms with Crippen molar-refractivity contribution in [2.45, 2.75) is 27.4 Å². The average molecular weight is 314 g/mol. The molecule has 23 heavy (non-hydrogen) atoms. The van der Waals surface area contributed by atoms with Crippen LogP contribution in [0.4, 0.5) is 22.7 Å². The zero-order valence-corrected chi connectivity index (χ0v) is 13.9. The van der Waals surface area contributed by atoms with Gasteiger partial charge in [0.05, 0.1) is 28.9 Å². The molecule has 0 aliphatic carbocycles. The van der Waals surface area contributed by atoms with Crippen molar-refractivity contribution in [2.24, 2.45) is 0 Å². The lowest BCUT2D eigenvalue weighted by Gasteiger charge is -2.16. The van der Waals surface area contributed by atoms with Crippen molar-refractivity contribution in [1.82, 2.24) is 0 Å². The molecule has 0 saturated heterocycles. The molecule has 4 nitrogen and oxygen atoms in total. The third kappa shape index (κ3) is 4.55. The Morgan fingerprint density at radius 1 is 1.04 bits per heavy atom. The van der Waals surface area contributed by atoms with Gasteiger partial charge in [0.25, 0.3) is 0 Å². The fourth-order valence-corrected chi connectivity index (χ4v) is 2.48. The lowest BCUT2D eigenvalue weighted by atomic mass is 10.2. The number of nitrogens with zero attached hydrogens (tertiary/aromatic N) is 1. The summed E-state index contributed by atoms with van der Waals surface area (Å²) in [7, 11) is 4.03. The highest BCUT2D eigenvalue weighted by Gasteiger charge is 2.20. The number of fused-ring (bicyclic) bond motifs is 1. The molecule has 1 unspecified atom stereocenters. The van der Waals surface area contributed by atoms with Crippen LogP contribution in [0, 0.1) is 0 Å². The molecule has 0 aromatic heterocycles. The number of para-hydroxylation sites is 4. The first-order valence-corrected chi connectivity index (χ1v) is 7.76. The van der Waals surface area contributed by atoms with Gasteiger partial charge in [-0.2, -0.15) is 0 Å². The van der Waals surface area contributed by atoms with Gasteiger partial charge in [0, 0.05) is 20.6 Å². The highest BCUT2D eigenvalue weighted by atomic mass is 15.3. The zero-order valence-electron chi connectivity index (χ0n) is 13.9. The van der Waals surface area contributed by atoms with Gasteiger partial charge in [-0.05, 0) is 38.1 Å². The van der Waals surface area contributed by atoms with Gasteiger partial charge in [0.2, 0.25) is 0 Å². The van der Waals surface area contributed by atoms with Crippen LogP contribution in [-0.2, 0) is 0 Å². The summed E-state index contributed by atoms with van der Waals surface area (Å²) in [5.41, 5.74) is 4.84. The van der Waals surface area contributed by atoms with Gasteiger partial charge < -0.3 is 20.9 Å². The van der Waals surface area contributed by atoms with Crippen LogP contribution in [0.2, 0.25) is 0 Å². The smallest absolute Gasteiger partial charge is 0.0959 e. The van der Waals surface area contributed by atoms with Gasteiger partial charge in [-0.3, -0.25) is 0 Å². The predicted octanol–water partition coefficient (Wildman–Crippen LogP) is 4.69. The van der Waals surface area contributed by atoms with E-state index in [2.05, 4.69) is 78.1 Å². The van der Waals surface area contributed by atoms with E-state index in [1.807, 2.05) is 19.2 Å². The molecule has 3 N–H and O–H groups in total. The Balaban J connectivity index is 0.000000220. The summed E-state index contributed by atoms with van der Waals surface area (Å²) in [6.45, 7) is 5.20. The van der Waals surface area contributed by atoms with Crippen LogP contribution in [0.15, 0.2) is 48.5 Å². The van der Waals surface area contributed by atoms with Gasteiger partial charge in [0.15, 0.2) is 0 Å². The van der Waals surface area contributed by atoms with E-state index in [4.69, 9.17) is 0 Å². The molecule has 1 heterocycles. The number of nitrogens with one attached hydrogen (secondary N) is 3. The van der Waals surface area contributed by atoms with E-state index in [9.17, 15) is 0 Å². The minimum absolute atomic E-state index is 0. The van der Waals surface area contributed by atoms with E-state index in [0.717, 1.165) is 17.9 Å². The maximum absolute atomic E-state index is 3.37. The van der Waals surface area contributed by atoms with Crippen molar-refractivity contribution in [1.29, 1.82) is 0 Å². The monoisotopic (exact) mass is 314 g/mol. The molecular formula is C19H30N4. The number of hydrogen-bond acceptors (Lipinski definition) is 4. The van der Waals surface area contributed by atoms with Gasteiger partial charge in [-0.25, -0.2) is 0 Å². The van der Waals surface area contributed by atoms with E-state index in [-0.39, 0.29) is 7.43 Å². The predicted molar refractivity (Wildman–Crippen MR) is 105 cm³/mol. The second kappa shape index (κ2) is 8.93. The molecule has 1 aliphatic heterocycles. The number of hydrogen-bond donors (Lipinski definition) is 3. The Hall–Kier alpha value is -2.36. The first kappa shape index (κ1) is 18.7. The van der Waals surface area contributed by atoms with Crippen LogP contribution >= 0.6 is 0 Å². The van der Waals surface area contributed by atoms with Gasteiger partial charge in [-0.15, -0.1) is 0 Å². The summed E-state index contributed by atoms with van der Waals surface area (Å²) >= 11 is 0. The number of benzene rings is 2. The van der Waals surface area contributed by atoms with Crippen LogP contribution in [-0.4, -0.2) is 26.8 Å². The molecular weight excluding hydrogens is 284 g/mol. The largest absolute Gasteiger partial charge is 0.386 e. The Bertz CT molecular complexity index is 591. The SMILES string of the molecule is C.CC1Nc2ccccc2N1C.CCNc1ccccc1NC. The summed E-state index contributed by atoms with van der Waals surface area (Å²) in [5, 5.41) is 9.76. The van der Waals surface area contributed by atoms with Crippen LogP contribution in [0.5, 0.6) is 0 Å².